The molecule has 0 aromatic heterocycles. The molecule has 6 heteroatoms. The Labute approximate surface area is 196 Å². The highest BCUT2D eigenvalue weighted by atomic mass is 35.5. The molecule has 0 saturated carbocycles. The van der Waals surface area contributed by atoms with Gasteiger partial charge in [0.25, 0.3) is 0 Å². The lowest BCUT2D eigenvalue weighted by atomic mass is 9.87. The number of carbonyl (C=O) groups excluding carboxylic acids is 1. The first-order valence-electron chi connectivity index (χ1n) is 10.6. The van der Waals surface area contributed by atoms with Crippen molar-refractivity contribution in [2.24, 2.45) is 0 Å². The summed E-state index contributed by atoms with van der Waals surface area (Å²) in [6.45, 7) is 5.96. The molecule has 0 aliphatic rings. The quantitative estimate of drug-likeness (QED) is 0.341. The van der Waals surface area contributed by atoms with Gasteiger partial charge in [0.15, 0.2) is 0 Å². The molecule has 170 valence electrons. The zero-order chi connectivity index (χ0) is 23.0. The first-order chi connectivity index (χ1) is 14.8. The Morgan fingerprint density at radius 3 is 2.23 bits per heavy atom. The predicted octanol–water partition coefficient (Wildman–Crippen LogP) is 6.37. The number of rotatable bonds is 12. The fraction of sp³-hybridized carbons (Fsp3) is 0.480. The van der Waals surface area contributed by atoms with Gasteiger partial charge in [-0.05, 0) is 73.7 Å². The van der Waals surface area contributed by atoms with Gasteiger partial charge in [0.2, 0.25) is 0 Å². The highest BCUT2D eigenvalue weighted by molar-refractivity contribution is 6.42. The summed E-state index contributed by atoms with van der Waals surface area (Å²) in [6, 6.07) is 9.69. The van der Waals surface area contributed by atoms with E-state index in [2.05, 4.69) is 25.8 Å². The molecule has 0 bridgehead atoms. The average molecular weight is 466 g/mol. The first kappa shape index (κ1) is 25.5. The van der Waals surface area contributed by atoms with Gasteiger partial charge in [-0.3, -0.25) is 0 Å². The summed E-state index contributed by atoms with van der Waals surface area (Å²) >= 11 is 12.7. The molecule has 2 aromatic rings. The van der Waals surface area contributed by atoms with Crippen LogP contribution in [0.5, 0.6) is 11.5 Å². The van der Waals surface area contributed by atoms with E-state index in [-0.39, 0.29) is 11.8 Å². The van der Waals surface area contributed by atoms with Crippen LogP contribution in [0, 0.1) is 0 Å². The standard InChI is InChI=1S/C25H33Cl2NO3/c1-17(2)24-22(8-9-23(26)25(24)27)19(16-29)7-6-11-28(3)12-10-18-13-20(30-4)15-21(14-18)31-5/h8-9,13-17,19H,6-7,10-12H2,1-5H3. The third kappa shape index (κ3) is 7.13. The van der Waals surface area contributed by atoms with E-state index in [0.29, 0.717) is 10.0 Å². The second-order valence-electron chi connectivity index (χ2n) is 8.18. The molecule has 31 heavy (non-hydrogen) atoms. The predicted molar refractivity (Wildman–Crippen MR) is 129 cm³/mol. The van der Waals surface area contributed by atoms with Crippen molar-refractivity contribution in [1.82, 2.24) is 4.90 Å². The molecule has 0 saturated heterocycles. The number of hydrogen-bond donors (Lipinski definition) is 0. The maximum absolute atomic E-state index is 11.9. The van der Waals surface area contributed by atoms with Gasteiger partial charge in [0, 0.05) is 18.5 Å². The SMILES string of the molecule is COc1cc(CCN(C)CCCC(C=O)c2ccc(Cl)c(Cl)c2C(C)C)cc(OC)c1. The summed E-state index contributed by atoms with van der Waals surface area (Å²) < 4.78 is 10.7. The van der Waals surface area contributed by atoms with Crippen molar-refractivity contribution < 1.29 is 14.3 Å². The van der Waals surface area contributed by atoms with Crippen LogP contribution < -0.4 is 9.47 Å². The van der Waals surface area contributed by atoms with Gasteiger partial charge < -0.3 is 19.2 Å². The number of ether oxygens (including phenoxy) is 2. The maximum atomic E-state index is 11.9. The maximum Gasteiger partial charge on any atom is 0.127 e. The van der Waals surface area contributed by atoms with Crippen molar-refractivity contribution in [3.63, 3.8) is 0 Å². The van der Waals surface area contributed by atoms with Crippen molar-refractivity contribution in [1.29, 1.82) is 0 Å². The fourth-order valence-electron chi connectivity index (χ4n) is 3.81. The number of benzene rings is 2. The zero-order valence-corrected chi connectivity index (χ0v) is 20.6. The Morgan fingerprint density at radius 2 is 1.68 bits per heavy atom. The van der Waals surface area contributed by atoms with Crippen molar-refractivity contribution >= 4 is 29.5 Å². The number of halogens is 2. The molecule has 2 rings (SSSR count). The average Bonchev–Trinajstić information content (AvgIpc) is 2.76. The van der Waals surface area contributed by atoms with Gasteiger partial charge in [-0.1, -0.05) is 43.1 Å². The van der Waals surface area contributed by atoms with E-state index in [4.69, 9.17) is 32.7 Å². The van der Waals surface area contributed by atoms with Crippen molar-refractivity contribution in [3.8, 4) is 11.5 Å². The third-order valence-corrected chi connectivity index (χ3v) is 6.37. The number of methoxy groups -OCH3 is 2. The Balaban J connectivity index is 1.94. The first-order valence-corrected chi connectivity index (χ1v) is 11.4. The minimum absolute atomic E-state index is 0.178. The molecule has 4 nitrogen and oxygen atoms in total. The van der Waals surface area contributed by atoms with Crippen LogP contribution >= 0.6 is 23.2 Å². The second kappa shape index (κ2) is 12.3. The molecule has 2 aromatic carbocycles. The Hall–Kier alpha value is -1.75. The van der Waals surface area contributed by atoms with E-state index in [9.17, 15) is 4.79 Å². The number of aldehydes is 1. The largest absolute Gasteiger partial charge is 0.497 e. The van der Waals surface area contributed by atoms with Crippen LogP contribution in [0.4, 0.5) is 0 Å². The molecular weight excluding hydrogens is 433 g/mol. The minimum Gasteiger partial charge on any atom is -0.497 e. The third-order valence-electron chi connectivity index (χ3n) is 5.56. The summed E-state index contributed by atoms with van der Waals surface area (Å²) in [5.74, 6) is 1.62. The number of hydrogen-bond acceptors (Lipinski definition) is 4. The van der Waals surface area contributed by atoms with Gasteiger partial charge >= 0.3 is 0 Å². The molecule has 0 heterocycles. The Kier molecular flexibility index (Phi) is 10.1. The van der Waals surface area contributed by atoms with Gasteiger partial charge in [0.1, 0.15) is 17.8 Å². The van der Waals surface area contributed by atoms with Gasteiger partial charge in [-0.2, -0.15) is 0 Å². The van der Waals surface area contributed by atoms with Crippen LogP contribution in [0.2, 0.25) is 10.0 Å². The molecule has 1 unspecified atom stereocenters. The van der Waals surface area contributed by atoms with Crippen LogP contribution in [0.25, 0.3) is 0 Å². The lowest BCUT2D eigenvalue weighted by Crippen LogP contribution is -2.23. The Bertz CT molecular complexity index is 848. The monoisotopic (exact) mass is 465 g/mol. The second-order valence-corrected chi connectivity index (χ2v) is 8.96. The zero-order valence-electron chi connectivity index (χ0n) is 19.1. The van der Waals surface area contributed by atoms with Crippen LogP contribution in [0.15, 0.2) is 30.3 Å². The molecular formula is C25H33Cl2NO3. The molecule has 0 aliphatic heterocycles. The summed E-state index contributed by atoms with van der Waals surface area (Å²) in [6.07, 6.45) is 3.62. The normalized spacial score (nSPS) is 12.3. The molecule has 0 fully saturated rings. The molecule has 0 spiro atoms. The summed E-state index contributed by atoms with van der Waals surface area (Å²) in [5, 5.41) is 1.10. The van der Waals surface area contributed by atoms with Gasteiger partial charge in [-0.15, -0.1) is 0 Å². The minimum atomic E-state index is -0.178. The van der Waals surface area contributed by atoms with Gasteiger partial charge in [-0.25, -0.2) is 0 Å². The van der Waals surface area contributed by atoms with E-state index in [0.717, 1.165) is 61.3 Å². The Morgan fingerprint density at radius 1 is 1.03 bits per heavy atom. The van der Waals surface area contributed by atoms with E-state index >= 15 is 0 Å². The van der Waals surface area contributed by atoms with Crippen LogP contribution in [0.3, 0.4) is 0 Å². The van der Waals surface area contributed by atoms with Gasteiger partial charge in [0.05, 0.1) is 24.3 Å². The lowest BCUT2D eigenvalue weighted by molar-refractivity contribution is -0.109. The summed E-state index contributed by atoms with van der Waals surface area (Å²) in [4.78, 5) is 14.2. The number of nitrogens with zero attached hydrogens (tertiary/aromatic N) is 1. The van der Waals surface area contributed by atoms with E-state index in [1.807, 2.05) is 24.3 Å². The fourth-order valence-corrected chi connectivity index (χ4v) is 4.37. The smallest absolute Gasteiger partial charge is 0.127 e. The van der Waals surface area contributed by atoms with Crippen LogP contribution in [-0.4, -0.2) is 45.5 Å². The van der Waals surface area contributed by atoms with Crippen molar-refractivity contribution in [2.45, 2.75) is 44.9 Å². The molecule has 0 aliphatic carbocycles. The van der Waals surface area contributed by atoms with E-state index in [1.54, 1.807) is 20.3 Å². The molecule has 0 amide bonds. The lowest BCUT2D eigenvalue weighted by Gasteiger charge is -2.22. The number of likely N-dealkylation sites (N-methyl/N-ethyl adjacent to an activating group) is 1. The van der Waals surface area contributed by atoms with Crippen molar-refractivity contribution in [3.05, 3.63) is 57.1 Å². The van der Waals surface area contributed by atoms with Crippen LogP contribution in [-0.2, 0) is 11.2 Å². The number of carbonyl (C=O) groups is 1. The topological polar surface area (TPSA) is 38.8 Å². The molecule has 0 N–H and O–H groups in total. The summed E-state index contributed by atoms with van der Waals surface area (Å²) in [5.41, 5.74) is 3.14. The summed E-state index contributed by atoms with van der Waals surface area (Å²) in [7, 11) is 5.42. The van der Waals surface area contributed by atoms with E-state index in [1.165, 1.54) is 5.56 Å². The molecule has 0 radical (unpaired) electrons. The molecule has 1 atom stereocenters. The van der Waals surface area contributed by atoms with Crippen molar-refractivity contribution in [2.75, 3.05) is 34.4 Å². The van der Waals surface area contributed by atoms with E-state index < -0.39 is 0 Å². The highest BCUT2D eigenvalue weighted by Gasteiger charge is 2.20. The van der Waals surface area contributed by atoms with Crippen LogP contribution in [0.1, 0.15) is 55.2 Å². The highest BCUT2D eigenvalue weighted by Crippen LogP contribution is 2.37.